The Hall–Kier alpha value is -3.50. The summed E-state index contributed by atoms with van der Waals surface area (Å²) in [6.45, 7) is 2.21. The van der Waals surface area contributed by atoms with E-state index in [9.17, 15) is 14.4 Å². The molecule has 0 atom stereocenters. The van der Waals surface area contributed by atoms with Gasteiger partial charge in [0.05, 0.1) is 12.1 Å². The van der Waals surface area contributed by atoms with E-state index in [0.29, 0.717) is 22.4 Å². The van der Waals surface area contributed by atoms with Crippen LogP contribution in [0.3, 0.4) is 0 Å². The van der Waals surface area contributed by atoms with Crippen LogP contribution in [-0.2, 0) is 24.3 Å². The molecule has 0 unspecified atom stereocenters. The summed E-state index contributed by atoms with van der Waals surface area (Å²) >= 11 is 2.82. The number of nitrogens with zero attached hydrogens (tertiary/aromatic N) is 4. The van der Waals surface area contributed by atoms with Crippen LogP contribution in [0.1, 0.15) is 30.2 Å². The number of aromatic nitrogens is 4. The summed E-state index contributed by atoms with van der Waals surface area (Å²) in [4.78, 5) is 40.0. The molecule has 1 aromatic carbocycles. The van der Waals surface area contributed by atoms with Crippen LogP contribution in [0, 0.1) is 0 Å². The number of amides is 1. The molecule has 0 aliphatic heterocycles. The SMILES string of the molecule is CCCCc1ccc(NC(=O)Cn2nc3n(Cc4cccs4)c(=O)c4sccc4n3c2=O)cc1. The largest absolute Gasteiger partial charge is 0.352 e. The highest BCUT2D eigenvalue weighted by atomic mass is 32.1. The van der Waals surface area contributed by atoms with Crippen molar-refractivity contribution in [1.82, 2.24) is 18.7 Å². The van der Waals surface area contributed by atoms with Gasteiger partial charge in [0.1, 0.15) is 11.2 Å². The van der Waals surface area contributed by atoms with Crippen LogP contribution < -0.4 is 16.6 Å². The van der Waals surface area contributed by atoms with Gasteiger partial charge >= 0.3 is 5.69 Å². The van der Waals surface area contributed by atoms with Gasteiger partial charge in [0, 0.05) is 10.6 Å². The predicted molar refractivity (Wildman–Crippen MR) is 136 cm³/mol. The van der Waals surface area contributed by atoms with E-state index < -0.39 is 5.69 Å². The molecular formula is C24H23N5O3S2. The smallest absolute Gasteiger partial charge is 0.324 e. The molecule has 0 saturated heterocycles. The average Bonchev–Trinajstić information content (AvgIpc) is 3.58. The standard InChI is InChI=1S/C24H23N5O3S2/c1-2-3-5-16-7-9-17(10-8-16)25-20(30)15-28-24(32)29-19-11-13-34-21(19)22(31)27(23(29)26-28)14-18-6-4-12-33-18/h4,6-13H,2-3,5,14-15H2,1H3,(H,25,30). The molecule has 0 spiro atoms. The number of carbonyl (C=O) groups excluding carboxylic acids is 1. The van der Waals surface area contributed by atoms with E-state index in [0.717, 1.165) is 28.8 Å². The van der Waals surface area contributed by atoms with Crippen molar-refractivity contribution in [3.8, 4) is 0 Å². The van der Waals surface area contributed by atoms with E-state index >= 15 is 0 Å². The molecule has 0 aliphatic rings. The van der Waals surface area contributed by atoms with Gasteiger partial charge in [-0.2, -0.15) is 0 Å². The van der Waals surface area contributed by atoms with Crippen molar-refractivity contribution in [3.63, 3.8) is 0 Å². The maximum atomic E-state index is 13.2. The molecule has 5 rings (SSSR count). The van der Waals surface area contributed by atoms with E-state index in [1.165, 1.54) is 37.2 Å². The number of thiophene rings is 2. The van der Waals surface area contributed by atoms with Crippen LogP contribution in [0.4, 0.5) is 5.69 Å². The van der Waals surface area contributed by atoms with E-state index in [2.05, 4.69) is 17.3 Å². The van der Waals surface area contributed by atoms with Gasteiger partial charge in [0.15, 0.2) is 0 Å². The molecule has 4 aromatic heterocycles. The first kappa shape index (κ1) is 22.3. The molecule has 174 valence electrons. The van der Waals surface area contributed by atoms with E-state index in [1.807, 2.05) is 41.8 Å². The Bertz CT molecular complexity index is 1570. The van der Waals surface area contributed by atoms with Gasteiger partial charge in [-0.05, 0) is 53.4 Å². The van der Waals surface area contributed by atoms with Crippen LogP contribution in [0.2, 0.25) is 0 Å². The zero-order valence-corrected chi connectivity index (χ0v) is 20.2. The van der Waals surface area contributed by atoms with E-state index in [4.69, 9.17) is 0 Å². The second kappa shape index (κ2) is 9.40. The molecule has 0 fully saturated rings. The molecule has 8 nitrogen and oxygen atoms in total. The molecule has 5 aromatic rings. The summed E-state index contributed by atoms with van der Waals surface area (Å²) in [5.74, 6) is -0.136. The molecule has 1 N–H and O–H groups in total. The van der Waals surface area contributed by atoms with Gasteiger partial charge in [-0.1, -0.05) is 31.5 Å². The maximum Gasteiger partial charge on any atom is 0.352 e. The zero-order chi connectivity index (χ0) is 23.7. The van der Waals surface area contributed by atoms with Crippen molar-refractivity contribution >= 4 is 50.3 Å². The maximum absolute atomic E-state index is 13.2. The number of carbonyl (C=O) groups is 1. The minimum absolute atomic E-state index is 0.198. The van der Waals surface area contributed by atoms with Crippen molar-refractivity contribution < 1.29 is 4.79 Å². The number of fused-ring (bicyclic) bond motifs is 3. The number of nitrogens with one attached hydrogen (secondary N) is 1. The van der Waals surface area contributed by atoms with Crippen LogP contribution in [-0.4, -0.2) is 24.7 Å². The summed E-state index contributed by atoms with van der Waals surface area (Å²) in [6, 6.07) is 13.3. The Morgan fingerprint density at radius 2 is 1.88 bits per heavy atom. The fraction of sp³-hybridized carbons (Fsp3) is 0.250. The second-order valence-corrected chi connectivity index (χ2v) is 9.98. The van der Waals surface area contributed by atoms with Gasteiger partial charge in [-0.15, -0.1) is 27.8 Å². The quantitative estimate of drug-likeness (QED) is 0.354. The highest BCUT2D eigenvalue weighted by molar-refractivity contribution is 7.17. The van der Waals surface area contributed by atoms with Gasteiger partial charge in [0.2, 0.25) is 11.7 Å². The molecule has 0 radical (unpaired) electrons. The molecule has 10 heteroatoms. The lowest BCUT2D eigenvalue weighted by Crippen LogP contribution is -2.29. The van der Waals surface area contributed by atoms with Crippen LogP contribution in [0.15, 0.2) is 62.8 Å². The summed E-state index contributed by atoms with van der Waals surface area (Å²) in [7, 11) is 0. The normalized spacial score (nSPS) is 11.4. The summed E-state index contributed by atoms with van der Waals surface area (Å²) < 4.78 is 4.51. The zero-order valence-electron chi connectivity index (χ0n) is 18.6. The predicted octanol–water partition coefficient (Wildman–Crippen LogP) is 3.96. The summed E-state index contributed by atoms with van der Waals surface area (Å²) in [5.41, 5.74) is 1.74. The molecule has 0 aliphatic carbocycles. The Balaban J connectivity index is 1.46. The highest BCUT2D eigenvalue weighted by Gasteiger charge is 2.20. The molecule has 0 saturated carbocycles. The first-order chi connectivity index (χ1) is 16.5. The Kier molecular flexibility index (Phi) is 6.16. The minimum Gasteiger partial charge on any atom is -0.324 e. The number of hydrogen-bond acceptors (Lipinski definition) is 6. The van der Waals surface area contributed by atoms with Crippen LogP contribution in [0.5, 0.6) is 0 Å². The van der Waals surface area contributed by atoms with Crippen LogP contribution in [0.25, 0.3) is 16.0 Å². The van der Waals surface area contributed by atoms with Gasteiger partial charge in [0.25, 0.3) is 5.56 Å². The van der Waals surface area contributed by atoms with E-state index in [-0.39, 0.29) is 23.8 Å². The molecule has 34 heavy (non-hydrogen) atoms. The first-order valence-corrected chi connectivity index (χ1v) is 12.8. The lowest BCUT2D eigenvalue weighted by molar-refractivity contribution is -0.117. The van der Waals surface area contributed by atoms with Gasteiger partial charge in [-0.25, -0.2) is 13.9 Å². The molecular weight excluding hydrogens is 470 g/mol. The Labute approximate surface area is 202 Å². The van der Waals surface area contributed by atoms with Gasteiger partial charge in [-0.3, -0.25) is 14.2 Å². The lowest BCUT2D eigenvalue weighted by Gasteiger charge is -2.06. The number of hydrogen-bond donors (Lipinski definition) is 1. The second-order valence-electron chi connectivity index (χ2n) is 8.03. The number of unbranched alkanes of at least 4 members (excludes halogenated alkanes) is 1. The third kappa shape index (κ3) is 4.22. The third-order valence-electron chi connectivity index (χ3n) is 5.63. The number of anilines is 1. The molecule has 0 bridgehead atoms. The lowest BCUT2D eigenvalue weighted by atomic mass is 10.1. The van der Waals surface area contributed by atoms with Crippen LogP contribution >= 0.6 is 22.7 Å². The van der Waals surface area contributed by atoms with Crippen molar-refractivity contribution in [2.45, 2.75) is 39.3 Å². The topological polar surface area (TPSA) is 90.4 Å². The summed E-state index contributed by atoms with van der Waals surface area (Å²) in [6.07, 6.45) is 3.26. The minimum atomic E-state index is -0.455. The fourth-order valence-electron chi connectivity index (χ4n) is 3.91. The number of rotatable bonds is 8. The molecule has 4 heterocycles. The van der Waals surface area contributed by atoms with Crippen molar-refractivity contribution in [1.29, 1.82) is 0 Å². The van der Waals surface area contributed by atoms with Crippen molar-refractivity contribution in [2.75, 3.05) is 5.32 Å². The summed E-state index contributed by atoms with van der Waals surface area (Å²) in [5, 5.41) is 10.9. The fourth-order valence-corrected chi connectivity index (χ4v) is 5.43. The van der Waals surface area contributed by atoms with E-state index in [1.54, 1.807) is 11.4 Å². The monoisotopic (exact) mass is 493 g/mol. The van der Waals surface area contributed by atoms with Gasteiger partial charge < -0.3 is 5.32 Å². The average molecular weight is 494 g/mol. The highest BCUT2D eigenvalue weighted by Crippen LogP contribution is 2.19. The Morgan fingerprint density at radius 1 is 1.06 bits per heavy atom. The van der Waals surface area contributed by atoms with Crippen molar-refractivity contribution in [3.05, 3.63) is 84.5 Å². The first-order valence-electron chi connectivity index (χ1n) is 11.1. The number of benzene rings is 1. The van der Waals surface area contributed by atoms with Crippen molar-refractivity contribution in [2.24, 2.45) is 0 Å². The molecule has 1 amide bonds. The Morgan fingerprint density at radius 3 is 2.62 bits per heavy atom. The number of aryl methyl sites for hydroxylation is 1. The third-order valence-corrected chi connectivity index (χ3v) is 7.39.